The molecule has 1 saturated heterocycles. The molecular weight excluding hydrogens is 292 g/mol. The van der Waals surface area contributed by atoms with Crippen molar-refractivity contribution in [3.63, 3.8) is 0 Å². The number of hydrogen-bond donors (Lipinski definition) is 0. The monoisotopic (exact) mass is 311 g/mol. The molecule has 0 aromatic heterocycles. The molecule has 1 aliphatic heterocycles. The number of rotatable bonds is 5. The molecule has 1 aromatic carbocycles. The summed E-state index contributed by atoms with van der Waals surface area (Å²) in [5.74, 6) is -2.73. The molecule has 1 unspecified atom stereocenters. The highest BCUT2D eigenvalue weighted by atomic mass is 19.1. The maximum absolute atomic E-state index is 13.7. The van der Waals surface area contributed by atoms with Crippen LogP contribution in [0.5, 0.6) is 0 Å². The van der Waals surface area contributed by atoms with Crippen molar-refractivity contribution >= 4 is 11.9 Å². The fourth-order valence-electron chi connectivity index (χ4n) is 2.49. The Morgan fingerprint density at radius 3 is 2.82 bits per heavy atom. The van der Waals surface area contributed by atoms with Gasteiger partial charge in [-0.1, -0.05) is 13.3 Å². The van der Waals surface area contributed by atoms with Crippen molar-refractivity contribution in [2.75, 3.05) is 13.2 Å². The van der Waals surface area contributed by atoms with Gasteiger partial charge in [0.2, 0.25) is 0 Å². The first-order chi connectivity index (χ1) is 10.5. The van der Waals surface area contributed by atoms with Crippen molar-refractivity contribution in [3.05, 3.63) is 35.4 Å². The fourth-order valence-corrected chi connectivity index (χ4v) is 2.49. The van der Waals surface area contributed by atoms with E-state index in [0.717, 1.165) is 25.0 Å². The zero-order chi connectivity index (χ0) is 16.1. The molecule has 0 N–H and O–H groups in total. The second-order valence-electron chi connectivity index (χ2n) is 5.30. The van der Waals surface area contributed by atoms with Gasteiger partial charge in [-0.3, -0.25) is 4.79 Å². The van der Waals surface area contributed by atoms with Crippen LogP contribution in [-0.2, 0) is 9.53 Å². The molecular formula is C16H19F2NO3. The molecule has 0 aliphatic carbocycles. The van der Waals surface area contributed by atoms with Crippen LogP contribution in [0, 0.1) is 11.6 Å². The molecule has 120 valence electrons. The van der Waals surface area contributed by atoms with Crippen LogP contribution in [0.1, 0.15) is 43.0 Å². The van der Waals surface area contributed by atoms with Gasteiger partial charge in [0.25, 0.3) is 5.91 Å². The first kappa shape index (κ1) is 16.4. The minimum absolute atomic E-state index is 0.227. The minimum Gasteiger partial charge on any atom is -0.464 e. The molecule has 0 spiro atoms. The van der Waals surface area contributed by atoms with Gasteiger partial charge < -0.3 is 9.64 Å². The molecule has 4 nitrogen and oxygen atoms in total. The van der Waals surface area contributed by atoms with Gasteiger partial charge in [0.1, 0.15) is 17.7 Å². The van der Waals surface area contributed by atoms with Gasteiger partial charge in [-0.25, -0.2) is 13.6 Å². The van der Waals surface area contributed by atoms with Gasteiger partial charge >= 0.3 is 5.97 Å². The lowest BCUT2D eigenvalue weighted by molar-refractivity contribution is -0.148. The van der Waals surface area contributed by atoms with E-state index in [1.165, 1.54) is 4.90 Å². The number of likely N-dealkylation sites (tertiary alicyclic amines) is 1. The summed E-state index contributed by atoms with van der Waals surface area (Å²) in [5.41, 5.74) is -0.227. The van der Waals surface area contributed by atoms with E-state index in [2.05, 4.69) is 0 Å². The van der Waals surface area contributed by atoms with Crippen molar-refractivity contribution in [1.82, 2.24) is 4.90 Å². The third-order valence-electron chi connectivity index (χ3n) is 3.69. The van der Waals surface area contributed by atoms with Crippen LogP contribution in [-0.4, -0.2) is 36.0 Å². The van der Waals surface area contributed by atoms with Gasteiger partial charge in [-0.2, -0.15) is 0 Å². The number of carbonyl (C=O) groups is 2. The van der Waals surface area contributed by atoms with Gasteiger partial charge in [0.05, 0.1) is 12.2 Å². The number of benzene rings is 1. The van der Waals surface area contributed by atoms with Crippen LogP contribution in [0.15, 0.2) is 18.2 Å². The number of carbonyl (C=O) groups excluding carboxylic acids is 2. The Hall–Kier alpha value is -1.98. The van der Waals surface area contributed by atoms with Gasteiger partial charge in [0, 0.05) is 12.6 Å². The molecule has 22 heavy (non-hydrogen) atoms. The summed E-state index contributed by atoms with van der Waals surface area (Å²) < 4.78 is 31.8. The first-order valence-corrected chi connectivity index (χ1v) is 7.47. The number of esters is 1. The number of halogens is 2. The quantitative estimate of drug-likeness (QED) is 0.620. The maximum Gasteiger partial charge on any atom is 0.328 e. The van der Waals surface area contributed by atoms with Gasteiger partial charge in [-0.15, -0.1) is 0 Å². The molecule has 1 aliphatic rings. The largest absolute Gasteiger partial charge is 0.464 e. The van der Waals surface area contributed by atoms with Crippen LogP contribution >= 0.6 is 0 Å². The van der Waals surface area contributed by atoms with Crippen LogP contribution in [0.25, 0.3) is 0 Å². The van der Waals surface area contributed by atoms with Crippen molar-refractivity contribution in [3.8, 4) is 0 Å². The Kier molecular flexibility index (Phi) is 5.46. The van der Waals surface area contributed by atoms with Crippen LogP contribution in [0.3, 0.4) is 0 Å². The standard InChI is InChI=1S/C16H19F2NO3/c1-2-3-9-22-16(21)14-5-4-8-19(14)15(20)12-7-6-11(17)10-13(12)18/h6-7,10,14H,2-5,8-9H2,1H3. The summed E-state index contributed by atoms with van der Waals surface area (Å²) in [6.45, 7) is 2.67. The van der Waals surface area contributed by atoms with E-state index in [1.54, 1.807) is 0 Å². The van der Waals surface area contributed by atoms with E-state index in [1.807, 2.05) is 6.92 Å². The third-order valence-corrected chi connectivity index (χ3v) is 3.69. The SMILES string of the molecule is CCCCOC(=O)C1CCCN1C(=O)c1ccc(F)cc1F. The van der Waals surface area contributed by atoms with Crippen molar-refractivity contribution < 1.29 is 23.1 Å². The van der Waals surface area contributed by atoms with E-state index in [-0.39, 0.29) is 5.56 Å². The van der Waals surface area contributed by atoms with Gasteiger partial charge in [-0.05, 0) is 31.4 Å². The number of ether oxygens (including phenoxy) is 1. The summed E-state index contributed by atoms with van der Waals surface area (Å²) in [7, 11) is 0. The second kappa shape index (κ2) is 7.33. The summed E-state index contributed by atoms with van der Waals surface area (Å²) in [4.78, 5) is 25.7. The smallest absolute Gasteiger partial charge is 0.328 e. The molecule has 1 heterocycles. The average molecular weight is 311 g/mol. The van der Waals surface area contributed by atoms with Crippen LogP contribution in [0.4, 0.5) is 8.78 Å². The zero-order valence-electron chi connectivity index (χ0n) is 12.5. The molecule has 0 saturated carbocycles. The van der Waals surface area contributed by atoms with Crippen LogP contribution in [0.2, 0.25) is 0 Å². The molecule has 1 amide bonds. The van der Waals surface area contributed by atoms with Crippen molar-refractivity contribution in [2.24, 2.45) is 0 Å². The summed E-state index contributed by atoms with van der Waals surface area (Å²) in [6.07, 6.45) is 2.82. The Morgan fingerprint density at radius 1 is 1.36 bits per heavy atom. The second-order valence-corrected chi connectivity index (χ2v) is 5.30. The predicted molar refractivity (Wildman–Crippen MR) is 76.3 cm³/mol. The molecule has 6 heteroatoms. The first-order valence-electron chi connectivity index (χ1n) is 7.47. The Bertz CT molecular complexity index is 562. The topological polar surface area (TPSA) is 46.6 Å². The molecule has 1 aromatic rings. The molecule has 2 rings (SSSR count). The van der Waals surface area contributed by atoms with E-state index >= 15 is 0 Å². The zero-order valence-corrected chi connectivity index (χ0v) is 12.5. The predicted octanol–water partition coefficient (Wildman–Crippen LogP) is 2.91. The highest BCUT2D eigenvalue weighted by Gasteiger charge is 2.36. The molecule has 0 bridgehead atoms. The van der Waals surface area contributed by atoms with E-state index < -0.39 is 29.6 Å². The number of amides is 1. The highest BCUT2D eigenvalue weighted by molar-refractivity contribution is 5.97. The number of nitrogens with zero attached hydrogens (tertiary/aromatic N) is 1. The molecule has 1 atom stereocenters. The Balaban J connectivity index is 2.09. The van der Waals surface area contributed by atoms with Crippen molar-refractivity contribution in [1.29, 1.82) is 0 Å². The molecule has 1 fully saturated rings. The fraction of sp³-hybridized carbons (Fsp3) is 0.500. The summed E-state index contributed by atoms with van der Waals surface area (Å²) >= 11 is 0. The normalized spacial score (nSPS) is 17.6. The van der Waals surface area contributed by atoms with E-state index in [0.29, 0.717) is 32.1 Å². The van der Waals surface area contributed by atoms with Crippen molar-refractivity contribution in [2.45, 2.75) is 38.6 Å². The van der Waals surface area contributed by atoms with E-state index in [9.17, 15) is 18.4 Å². The average Bonchev–Trinajstić information content (AvgIpc) is 2.96. The van der Waals surface area contributed by atoms with Gasteiger partial charge in [0.15, 0.2) is 0 Å². The number of hydrogen-bond acceptors (Lipinski definition) is 3. The third kappa shape index (κ3) is 3.61. The number of unbranched alkanes of at least 4 members (excludes halogenated alkanes) is 1. The Morgan fingerprint density at radius 2 is 2.14 bits per heavy atom. The highest BCUT2D eigenvalue weighted by Crippen LogP contribution is 2.22. The lowest BCUT2D eigenvalue weighted by Crippen LogP contribution is -2.41. The minimum atomic E-state index is -0.921. The molecule has 0 radical (unpaired) electrons. The summed E-state index contributed by atoms with van der Waals surface area (Å²) in [6, 6.07) is 2.11. The lowest BCUT2D eigenvalue weighted by atomic mass is 10.1. The summed E-state index contributed by atoms with van der Waals surface area (Å²) in [5, 5.41) is 0. The maximum atomic E-state index is 13.7. The Labute approximate surface area is 128 Å². The lowest BCUT2D eigenvalue weighted by Gasteiger charge is -2.23. The van der Waals surface area contributed by atoms with E-state index in [4.69, 9.17) is 4.74 Å². The van der Waals surface area contributed by atoms with Crippen LogP contribution < -0.4 is 0 Å².